The molecule has 0 unspecified atom stereocenters. The van der Waals surface area contributed by atoms with Crippen molar-refractivity contribution in [1.82, 2.24) is 5.32 Å². The Balaban J connectivity index is 1.72. The summed E-state index contributed by atoms with van der Waals surface area (Å²) in [5.41, 5.74) is 2.71. The molecule has 0 bridgehead atoms. The Morgan fingerprint density at radius 3 is 2.41 bits per heavy atom. The van der Waals surface area contributed by atoms with Crippen LogP contribution in [0.25, 0.3) is 10.8 Å². The normalized spacial score (nSPS) is 16.1. The molecule has 0 heterocycles. The van der Waals surface area contributed by atoms with Gasteiger partial charge in [0.25, 0.3) is 0 Å². The fourth-order valence-electron chi connectivity index (χ4n) is 3.69. The van der Waals surface area contributed by atoms with E-state index in [-0.39, 0.29) is 0 Å². The molecule has 22 heavy (non-hydrogen) atoms. The van der Waals surface area contributed by atoms with Crippen molar-refractivity contribution in [1.29, 1.82) is 0 Å². The van der Waals surface area contributed by atoms with E-state index in [2.05, 4.69) is 60.7 Å². The Labute approximate surface area is 134 Å². The monoisotopic (exact) mass is 296 g/mol. The molecule has 2 heteroatoms. The van der Waals surface area contributed by atoms with Gasteiger partial charge in [0.1, 0.15) is 0 Å². The molecule has 1 fully saturated rings. The molecule has 0 radical (unpaired) electrons. The Kier molecular flexibility index (Phi) is 4.99. The summed E-state index contributed by atoms with van der Waals surface area (Å²) in [6.07, 6.45) is 7.10. The second-order valence-electron chi connectivity index (χ2n) is 6.82. The van der Waals surface area contributed by atoms with Gasteiger partial charge >= 0.3 is 0 Å². The molecule has 0 amide bonds. The largest absolute Gasteiger partial charge is 0.377 e. The fourth-order valence-corrected chi connectivity index (χ4v) is 3.69. The molecule has 3 rings (SSSR count). The second kappa shape index (κ2) is 7.15. The van der Waals surface area contributed by atoms with Crippen LogP contribution in [0, 0.1) is 5.92 Å². The van der Waals surface area contributed by atoms with Crippen LogP contribution in [0.3, 0.4) is 0 Å². The van der Waals surface area contributed by atoms with Crippen molar-refractivity contribution in [2.24, 2.45) is 5.92 Å². The Morgan fingerprint density at radius 2 is 1.68 bits per heavy atom. The van der Waals surface area contributed by atoms with Crippen molar-refractivity contribution >= 4 is 16.5 Å². The van der Waals surface area contributed by atoms with Crippen LogP contribution in [0.4, 0.5) is 5.69 Å². The van der Waals surface area contributed by atoms with Gasteiger partial charge in [-0.2, -0.15) is 0 Å². The zero-order chi connectivity index (χ0) is 15.4. The number of hydrogen-bond donors (Lipinski definition) is 1. The lowest BCUT2D eigenvalue weighted by atomic mass is 9.89. The van der Waals surface area contributed by atoms with E-state index in [4.69, 9.17) is 0 Å². The van der Waals surface area contributed by atoms with Crippen molar-refractivity contribution in [3.63, 3.8) is 0 Å². The lowest BCUT2D eigenvalue weighted by Gasteiger charge is -2.22. The van der Waals surface area contributed by atoms with Crippen LogP contribution in [0.1, 0.15) is 37.7 Å². The van der Waals surface area contributed by atoms with Crippen LogP contribution in [-0.2, 0) is 6.54 Å². The average molecular weight is 296 g/mol. The van der Waals surface area contributed by atoms with Crippen LogP contribution in [0.2, 0.25) is 0 Å². The molecule has 1 aliphatic carbocycles. The van der Waals surface area contributed by atoms with Crippen molar-refractivity contribution in [3.8, 4) is 0 Å². The minimum Gasteiger partial charge on any atom is -0.377 e. The van der Waals surface area contributed by atoms with Crippen LogP contribution in [-0.4, -0.2) is 20.6 Å². The SMILES string of the molecule is CN(C)c1ccc(CNCC2CCCCC2)c2ccccc12. The summed E-state index contributed by atoms with van der Waals surface area (Å²) in [5, 5.41) is 6.43. The standard InChI is InChI=1S/C20H28N2/c1-22(2)20-13-12-17(18-10-6-7-11-19(18)20)15-21-14-16-8-4-3-5-9-16/h6-7,10-13,16,21H,3-5,8-9,14-15H2,1-2H3. The quantitative estimate of drug-likeness (QED) is 0.869. The third-order valence-electron chi connectivity index (χ3n) is 4.95. The minimum absolute atomic E-state index is 0.890. The number of nitrogens with one attached hydrogen (secondary N) is 1. The summed E-state index contributed by atoms with van der Waals surface area (Å²) in [6, 6.07) is 13.3. The van der Waals surface area contributed by atoms with E-state index in [0.717, 1.165) is 12.5 Å². The fraction of sp³-hybridized carbons (Fsp3) is 0.500. The summed E-state index contributed by atoms with van der Waals surface area (Å²) >= 11 is 0. The molecule has 0 spiro atoms. The highest BCUT2D eigenvalue weighted by atomic mass is 15.1. The Morgan fingerprint density at radius 1 is 0.955 bits per heavy atom. The van der Waals surface area contributed by atoms with Gasteiger partial charge in [-0.05, 0) is 42.3 Å². The van der Waals surface area contributed by atoms with E-state index in [1.165, 1.54) is 60.7 Å². The molecule has 1 N–H and O–H groups in total. The molecular weight excluding hydrogens is 268 g/mol. The molecule has 1 saturated carbocycles. The summed E-state index contributed by atoms with van der Waals surface area (Å²) in [7, 11) is 4.23. The van der Waals surface area contributed by atoms with Crippen LogP contribution in [0.5, 0.6) is 0 Å². The molecular formula is C20H28N2. The summed E-state index contributed by atoms with van der Waals surface area (Å²) < 4.78 is 0. The van der Waals surface area contributed by atoms with Gasteiger partial charge in [-0.15, -0.1) is 0 Å². The molecule has 0 saturated heterocycles. The van der Waals surface area contributed by atoms with E-state index in [0.29, 0.717) is 0 Å². The number of benzene rings is 2. The third kappa shape index (κ3) is 3.44. The number of anilines is 1. The first kappa shape index (κ1) is 15.4. The minimum atomic E-state index is 0.890. The number of fused-ring (bicyclic) bond motifs is 1. The molecule has 0 aliphatic heterocycles. The van der Waals surface area contributed by atoms with Crippen molar-refractivity contribution < 1.29 is 0 Å². The molecule has 1 aliphatic rings. The zero-order valence-corrected chi connectivity index (χ0v) is 13.9. The topological polar surface area (TPSA) is 15.3 Å². The first-order valence-corrected chi connectivity index (χ1v) is 8.64. The highest BCUT2D eigenvalue weighted by Crippen LogP contribution is 2.28. The molecule has 0 aromatic heterocycles. The summed E-state index contributed by atoms with van der Waals surface area (Å²) in [6.45, 7) is 2.15. The van der Waals surface area contributed by atoms with Crippen LogP contribution >= 0.6 is 0 Å². The smallest absolute Gasteiger partial charge is 0.0440 e. The van der Waals surface area contributed by atoms with Crippen molar-refractivity contribution in [2.75, 3.05) is 25.5 Å². The van der Waals surface area contributed by atoms with Crippen LogP contribution < -0.4 is 10.2 Å². The maximum atomic E-state index is 3.70. The average Bonchev–Trinajstić information content (AvgIpc) is 2.55. The summed E-state index contributed by atoms with van der Waals surface area (Å²) in [4.78, 5) is 2.20. The van der Waals surface area contributed by atoms with Gasteiger partial charge in [0.05, 0.1) is 0 Å². The first-order chi connectivity index (χ1) is 10.8. The number of hydrogen-bond acceptors (Lipinski definition) is 2. The zero-order valence-electron chi connectivity index (χ0n) is 13.9. The predicted molar refractivity (Wildman–Crippen MR) is 96.6 cm³/mol. The van der Waals surface area contributed by atoms with Gasteiger partial charge in [0.2, 0.25) is 0 Å². The predicted octanol–water partition coefficient (Wildman–Crippen LogP) is 4.58. The van der Waals surface area contributed by atoms with Gasteiger partial charge in [-0.25, -0.2) is 0 Å². The van der Waals surface area contributed by atoms with Gasteiger partial charge < -0.3 is 10.2 Å². The second-order valence-corrected chi connectivity index (χ2v) is 6.82. The third-order valence-corrected chi connectivity index (χ3v) is 4.95. The lowest BCUT2D eigenvalue weighted by Crippen LogP contribution is -2.24. The van der Waals surface area contributed by atoms with Gasteiger partial charge in [-0.1, -0.05) is 49.6 Å². The molecule has 0 atom stereocenters. The highest BCUT2D eigenvalue weighted by molar-refractivity contribution is 5.96. The van der Waals surface area contributed by atoms with E-state index in [9.17, 15) is 0 Å². The Hall–Kier alpha value is -1.54. The van der Waals surface area contributed by atoms with E-state index in [1.54, 1.807) is 0 Å². The summed E-state index contributed by atoms with van der Waals surface area (Å²) in [5.74, 6) is 0.890. The van der Waals surface area contributed by atoms with Crippen LogP contribution in [0.15, 0.2) is 36.4 Å². The van der Waals surface area contributed by atoms with Gasteiger partial charge in [-0.3, -0.25) is 0 Å². The highest BCUT2D eigenvalue weighted by Gasteiger charge is 2.13. The molecule has 118 valence electrons. The van der Waals surface area contributed by atoms with Gasteiger partial charge in [0, 0.05) is 31.7 Å². The first-order valence-electron chi connectivity index (χ1n) is 8.64. The number of nitrogens with zero attached hydrogens (tertiary/aromatic N) is 1. The molecule has 2 nitrogen and oxygen atoms in total. The Bertz CT molecular complexity index is 612. The van der Waals surface area contributed by atoms with E-state index < -0.39 is 0 Å². The van der Waals surface area contributed by atoms with Crippen molar-refractivity contribution in [2.45, 2.75) is 38.6 Å². The van der Waals surface area contributed by atoms with Gasteiger partial charge in [0.15, 0.2) is 0 Å². The lowest BCUT2D eigenvalue weighted by molar-refractivity contribution is 0.342. The maximum absolute atomic E-state index is 3.70. The van der Waals surface area contributed by atoms with E-state index >= 15 is 0 Å². The number of rotatable bonds is 5. The van der Waals surface area contributed by atoms with E-state index in [1.807, 2.05) is 0 Å². The maximum Gasteiger partial charge on any atom is 0.0440 e. The molecule has 2 aromatic carbocycles. The van der Waals surface area contributed by atoms with Crippen molar-refractivity contribution in [3.05, 3.63) is 42.0 Å². The molecule has 2 aromatic rings.